The summed E-state index contributed by atoms with van der Waals surface area (Å²) in [6.45, 7) is 8.65. The molecule has 23 heavy (non-hydrogen) atoms. The highest BCUT2D eigenvalue weighted by molar-refractivity contribution is 5.47. The van der Waals surface area contributed by atoms with Gasteiger partial charge in [-0.25, -0.2) is 0 Å². The maximum atomic E-state index is 6.08. The summed E-state index contributed by atoms with van der Waals surface area (Å²) in [6, 6.07) is 0. The summed E-state index contributed by atoms with van der Waals surface area (Å²) in [5.41, 5.74) is 2.58. The molecule has 3 rings (SSSR count). The zero-order valence-electron chi connectivity index (χ0n) is 15.3. The standard InChI is InChI=1S/C19H31NO3/c1-6-21-17-13-18(20(4)5,15(3)14(17)2)12-16-8-7-9-19(16)22-10-11-23-19/h13,16H,6-12H2,1-5H3. The summed E-state index contributed by atoms with van der Waals surface area (Å²) in [5, 5.41) is 0. The van der Waals surface area contributed by atoms with E-state index in [1.807, 2.05) is 6.92 Å². The Labute approximate surface area is 140 Å². The minimum Gasteiger partial charge on any atom is -0.494 e. The monoisotopic (exact) mass is 321 g/mol. The third-order valence-corrected chi connectivity index (χ3v) is 6.08. The van der Waals surface area contributed by atoms with Crippen molar-refractivity contribution in [3.8, 4) is 0 Å². The molecule has 0 N–H and O–H groups in total. The second-order valence-electron chi connectivity index (χ2n) is 7.31. The fourth-order valence-electron chi connectivity index (χ4n) is 4.61. The summed E-state index contributed by atoms with van der Waals surface area (Å²) >= 11 is 0. The van der Waals surface area contributed by atoms with Crippen LogP contribution in [-0.4, -0.2) is 50.1 Å². The number of likely N-dealkylation sites (N-methyl/N-ethyl adjacent to an activating group) is 1. The Bertz CT molecular complexity index is 511. The first kappa shape index (κ1) is 17.0. The predicted octanol–water partition coefficient (Wildman–Crippen LogP) is 3.49. The molecule has 0 radical (unpaired) electrons. The van der Waals surface area contributed by atoms with E-state index in [2.05, 4.69) is 38.9 Å². The number of ether oxygens (including phenoxy) is 3. The summed E-state index contributed by atoms with van der Waals surface area (Å²) < 4.78 is 18.0. The van der Waals surface area contributed by atoms with E-state index in [1.165, 1.54) is 24.0 Å². The van der Waals surface area contributed by atoms with Gasteiger partial charge in [0.05, 0.1) is 25.4 Å². The van der Waals surface area contributed by atoms with Gasteiger partial charge in [-0.05, 0) is 71.4 Å². The lowest BCUT2D eigenvalue weighted by Crippen LogP contribution is -2.48. The van der Waals surface area contributed by atoms with E-state index in [0.29, 0.717) is 12.5 Å². The van der Waals surface area contributed by atoms with Crippen LogP contribution < -0.4 is 0 Å². The average molecular weight is 321 g/mol. The zero-order valence-corrected chi connectivity index (χ0v) is 15.3. The van der Waals surface area contributed by atoms with Crippen LogP contribution in [0.2, 0.25) is 0 Å². The van der Waals surface area contributed by atoms with Gasteiger partial charge in [0.15, 0.2) is 5.79 Å². The van der Waals surface area contributed by atoms with Gasteiger partial charge in [-0.3, -0.25) is 4.90 Å². The molecule has 1 spiro atoms. The van der Waals surface area contributed by atoms with Crippen molar-refractivity contribution in [3.63, 3.8) is 0 Å². The van der Waals surface area contributed by atoms with E-state index < -0.39 is 0 Å². The molecule has 4 nitrogen and oxygen atoms in total. The van der Waals surface area contributed by atoms with Crippen LogP contribution in [0.15, 0.2) is 23.0 Å². The molecule has 2 unspecified atom stereocenters. The molecule has 0 aromatic rings. The molecule has 4 heteroatoms. The van der Waals surface area contributed by atoms with Crippen LogP contribution in [0.3, 0.4) is 0 Å². The summed E-state index contributed by atoms with van der Waals surface area (Å²) in [7, 11) is 4.33. The number of hydrogen-bond acceptors (Lipinski definition) is 4. The largest absolute Gasteiger partial charge is 0.494 e. The summed E-state index contributed by atoms with van der Waals surface area (Å²) in [6.07, 6.45) is 6.75. The van der Waals surface area contributed by atoms with Crippen LogP contribution >= 0.6 is 0 Å². The van der Waals surface area contributed by atoms with Crippen molar-refractivity contribution < 1.29 is 14.2 Å². The predicted molar refractivity (Wildman–Crippen MR) is 91.1 cm³/mol. The highest BCUT2D eigenvalue weighted by Gasteiger charge is 2.52. The third-order valence-electron chi connectivity index (χ3n) is 6.08. The molecule has 0 amide bonds. The lowest BCUT2D eigenvalue weighted by molar-refractivity contribution is -0.186. The van der Waals surface area contributed by atoms with Gasteiger partial charge in [-0.15, -0.1) is 0 Å². The minimum absolute atomic E-state index is 0.0914. The summed E-state index contributed by atoms with van der Waals surface area (Å²) in [4.78, 5) is 2.33. The molecular formula is C19H31NO3. The molecule has 1 saturated heterocycles. The minimum atomic E-state index is -0.334. The van der Waals surface area contributed by atoms with E-state index in [9.17, 15) is 0 Å². The van der Waals surface area contributed by atoms with E-state index >= 15 is 0 Å². The van der Waals surface area contributed by atoms with Crippen LogP contribution in [0, 0.1) is 5.92 Å². The Morgan fingerprint density at radius 3 is 2.57 bits per heavy atom. The molecule has 0 bridgehead atoms. The molecule has 2 atom stereocenters. The highest BCUT2D eigenvalue weighted by atomic mass is 16.7. The van der Waals surface area contributed by atoms with E-state index in [1.54, 1.807) is 0 Å². The normalized spacial score (nSPS) is 33.1. The number of allylic oxidation sites excluding steroid dienone is 1. The van der Waals surface area contributed by atoms with E-state index in [4.69, 9.17) is 14.2 Å². The maximum absolute atomic E-state index is 6.08. The Kier molecular flexibility index (Phi) is 4.60. The number of nitrogens with zero attached hydrogens (tertiary/aromatic N) is 1. The second-order valence-corrected chi connectivity index (χ2v) is 7.31. The first-order chi connectivity index (χ1) is 10.9. The lowest BCUT2D eigenvalue weighted by atomic mass is 9.79. The Balaban J connectivity index is 1.91. The Morgan fingerprint density at radius 2 is 1.96 bits per heavy atom. The van der Waals surface area contributed by atoms with Crippen LogP contribution in [0.4, 0.5) is 0 Å². The molecule has 3 aliphatic rings. The van der Waals surface area contributed by atoms with Gasteiger partial charge in [0.1, 0.15) is 5.76 Å². The van der Waals surface area contributed by atoms with Crippen LogP contribution in [0.25, 0.3) is 0 Å². The second kappa shape index (κ2) is 6.23. The maximum Gasteiger partial charge on any atom is 0.171 e. The van der Waals surface area contributed by atoms with E-state index in [0.717, 1.165) is 31.8 Å². The molecule has 0 aromatic carbocycles. The molecule has 1 saturated carbocycles. The van der Waals surface area contributed by atoms with Gasteiger partial charge in [-0.2, -0.15) is 0 Å². The summed E-state index contributed by atoms with van der Waals surface area (Å²) in [5.74, 6) is 1.14. The fourth-order valence-corrected chi connectivity index (χ4v) is 4.61. The lowest BCUT2D eigenvalue weighted by Gasteiger charge is -2.41. The van der Waals surface area contributed by atoms with Crippen molar-refractivity contribution in [2.45, 2.75) is 57.8 Å². The number of hydrogen-bond donors (Lipinski definition) is 0. The highest BCUT2D eigenvalue weighted by Crippen LogP contribution is 2.50. The first-order valence-corrected chi connectivity index (χ1v) is 8.94. The van der Waals surface area contributed by atoms with Crippen molar-refractivity contribution in [1.29, 1.82) is 0 Å². The van der Waals surface area contributed by atoms with Gasteiger partial charge in [-0.1, -0.05) is 0 Å². The molecule has 2 fully saturated rings. The SMILES string of the molecule is CCOC1=CC(CC2CCCC23OCCO3)(N(C)C)C(C)=C1C. The van der Waals surface area contributed by atoms with Crippen LogP contribution in [0.5, 0.6) is 0 Å². The first-order valence-electron chi connectivity index (χ1n) is 8.94. The quantitative estimate of drug-likeness (QED) is 0.775. The van der Waals surface area contributed by atoms with Crippen molar-refractivity contribution >= 4 is 0 Å². The van der Waals surface area contributed by atoms with Crippen molar-refractivity contribution in [3.05, 3.63) is 23.0 Å². The molecule has 1 heterocycles. The Morgan fingerprint density at radius 1 is 1.26 bits per heavy atom. The zero-order chi connectivity index (χ0) is 16.7. The van der Waals surface area contributed by atoms with Gasteiger partial charge >= 0.3 is 0 Å². The molecular weight excluding hydrogens is 290 g/mol. The fraction of sp³-hybridized carbons (Fsp3) is 0.789. The van der Waals surface area contributed by atoms with Gasteiger partial charge < -0.3 is 14.2 Å². The molecule has 130 valence electrons. The van der Waals surface area contributed by atoms with Gasteiger partial charge in [0.2, 0.25) is 0 Å². The average Bonchev–Trinajstić information content (AvgIpc) is 3.20. The third kappa shape index (κ3) is 2.65. The topological polar surface area (TPSA) is 30.9 Å². The Hall–Kier alpha value is -0.840. The smallest absolute Gasteiger partial charge is 0.171 e. The molecule has 1 aliphatic heterocycles. The van der Waals surface area contributed by atoms with Gasteiger partial charge in [0.25, 0.3) is 0 Å². The van der Waals surface area contributed by atoms with E-state index in [-0.39, 0.29) is 11.3 Å². The van der Waals surface area contributed by atoms with Crippen molar-refractivity contribution in [2.75, 3.05) is 33.9 Å². The molecule has 0 aromatic heterocycles. The van der Waals surface area contributed by atoms with Crippen LogP contribution in [0.1, 0.15) is 46.5 Å². The molecule has 2 aliphatic carbocycles. The van der Waals surface area contributed by atoms with Crippen molar-refractivity contribution in [2.24, 2.45) is 5.92 Å². The van der Waals surface area contributed by atoms with Crippen LogP contribution in [-0.2, 0) is 14.2 Å². The number of rotatable bonds is 5. The van der Waals surface area contributed by atoms with Gasteiger partial charge in [0, 0.05) is 12.3 Å². The van der Waals surface area contributed by atoms with Crippen molar-refractivity contribution in [1.82, 2.24) is 4.90 Å².